The van der Waals surface area contributed by atoms with E-state index in [1.807, 2.05) is 57.2 Å². The van der Waals surface area contributed by atoms with E-state index in [9.17, 15) is 4.79 Å². The number of para-hydroxylation sites is 3. The molecule has 0 aliphatic heterocycles. The zero-order valence-corrected chi connectivity index (χ0v) is 19.9. The van der Waals surface area contributed by atoms with Crippen molar-refractivity contribution in [2.24, 2.45) is 0 Å². The summed E-state index contributed by atoms with van der Waals surface area (Å²) in [6.45, 7) is 6.19. The molecule has 4 rings (SSSR count). The predicted molar refractivity (Wildman–Crippen MR) is 138 cm³/mol. The average molecular weight is 470 g/mol. The Hall–Kier alpha value is -4.59. The molecular weight excluding hydrogens is 442 g/mol. The summed E-state index contributed by atoms with van der Waals surface area (Å²) in [5, 5.41) is 3.13. The fraction of sp³-hybridized carbons (Fsp3) is 0.148. The molecule has 1 aromatic heterocycles. The number of aryl methyl sites for hydroxylation is 2. The lowest BCUT2D eigenvalue weighted by Gasteiger charge is -2.25. The molecular formula is C27H27N5O3. The summed E-state index contributed by atoms with van der Waals surface area (Å²) >= 11 is 0. The highest BCUT2D eigenvalue weighted by molar-refractivity contribution is 5.98. The monoisotopic (exact) mass is 469 g/mol. The molecule has 0 atom stereocenters. The largest absolute Gasteiger partial charge is 0.490 e. The number of carbonyl (C=O) groups is 1. The van der Waals surface area contributed by atoms with Crippen molar-refractivity contribution >= 4 is 34.9 Å². The predicted octanol–water partition coefficient (Wildman–Crippen LogP) is 6.16. The Bertz CT molecular complexity index is 1320. The Kier molecular flexibility index (Phi) is 7.11. The molecule has 1 heterocycles. The lowest BCUT2D eigenvalue weighted by atomic mass is 10.1. The Balaban J connectivity index is 1.74. The number of ether oxygens (including phenoxy) is 2. The molecule has 0 saturated carbocycles. The number of rotatable bonds is 7. The number of hydrogen-bond acceptors (Lipinski definition) is 7. The van der Waals surface area contributed by atoms with Crippen molar-refractivity contribution in [3.63, 3.8) is 0 Å². The molecule has 0 saturated heterocycles. The fourth-order valence-electron chi connectivity index (χ4n) is 3.69. The van der Waals surface area contributed by atoms with Gasteiger partial charge in [0.2, 0.25) is 5.95 Å². The van der Waals surface area contributed by atoms with Gasteiger partial charge >= 0.3 is 6.09 Å². The number of hydrogen-bond donors (Lipinski definition) is 2. The van der Waals surface area contributed by atoms with E-state index in [1.165, 1.54) is 4.90 Å². The molecule has 8 heteroatoms. The molecule has 0 bridgehead atoms. The minimum absolute atomic E-state index is 0.312. The van der Waals surface area contributed by atoms with Crippen LogP contribution < -0.4 is 25.4 Å². The Morgan fingerprint density at radius 3 is 2.40 bits per heavy atom. The van der Waals surface area contributed by atoms with Crippen molar-refractivity contribution in [3.05, 3.63) is 90.1 Å². The van der Waals surface area contributed by atoms with Gasteiger partial charge in [0, 0.05) is 23.6 Å². The SMILES string of the molecule is CCOc1ccccc1OC(=O)N(c1ccnc(Nc2cccc(N)c2)n1)c1c(C)cccc1C. The van der Waals surface area contributed by atoms with Gasteiger partial charge in [-0.1, -0.05) is 36.4 Å². The van der Waals surface area contributed by atoms with Crippen molar-refractivity contribution in [2.45, 2.75) is 20.8 Å². The van der Waals surface area contributed by atoms with E-state index >= 15 is 0 Å². The summed E-state index contributed by atoms with van der Waals surface area (Å²) < 4.78 is 11.4. The van der Waals surface area contributed by atoms with Crippen LogP contribution >= 0.6 is 0 Å². The lowest BCUT2D eigenvalue weighted by molar-refractivity contribution is 0.207. The topological polar surface area (TPSA) is 103 Å². The molecule has 0 fully saturated rings. The molecule has 35 heavy (non-hydrogen) atoms. The van der Waals surface area contributed by atoms with Gasteiger partial charge in [-0.3, -0.25) is 0 Å². The summed E-state index contributed by atoms with van der Waals surface area (Å²) in [4.78, 5) is 24.0. The molecule has 0 aliphatic carbocycles. The van der Waals surface area contributed by atoms with Crippen LogP contribution in [0.4, 0.5) is 33.6 Å². The van der Waals surface area contributed by atoms with E-state index in [1.54, 1.807) is 42.6 Å². The molecule has 0 aliphatic rings. The van der Waals surface area contributed by atoms with Gasteiger partial charge in [-0.05, 0) is 62.2 Å². The number of aromatic nitrogens is 2. The van der Waals surface area contributed by atoms with Crippen molar-refractivity contribution in [2.75, 3.05) is 22.6 Å². The third kappa shape index (κ3) is 5.50. The summed E-state index contributed by atoms with van der Waals surface area (Å²) in [7, 11) is 0. The average Bonchev–Trinajstić information content (AvgIpc) is 2.83. The van der Waals surface area contributed by atoms with Gasteiger partial charge in [0.15, 0.2) is 11.5 Å². The van der Waals surface area contributed by atoms with Crippen LogP contribution in [0.3, 0.4) is 0 Å². The third-order valence-electron chi connectivity index (χ3n) is 5.20. The third-order valence-corrected chi connectivity index (χ3v) is 5.20. The van der Waals surface area contributed by atoms with Gasteiger partial charge in [0.05, 0.1) is 12.3 Å². The second-order valence-corrected chi connectivity index (χ2v) is 7.81. The first-order chi connectivity index (χ1) is 17.0. The molecule has 0 spiro atoms. The number of anilines is 5. The minimum atomic E-state index is -0.622. The normalized spacial score (nSPS) is 10.5. The van der Waals surface area contributed by atoms with E-state index in [-0.39, 0.29) is 0 Å². The first kappa shape index (κ1) is 23.6. The smallest absolute Gasteiger partial charge is 0.425 e. The van der Waals surface area contributed by atoms with Gasteiger partial charge in [0.1, 0.15) is 5.82 Å². The quantitative estimate of drug-likeness (QED) is 0.313. The number of amides is 1. The number of benzene rings is 3. The van der Waals surface area contributed by atoms with Crippen LogP contribution in [0.5, 0.6) is 11.5 Å². The van der Waals surface area contributed by atoms with Crippen molar-refractivity contribution in [1.82, 2.24) is 9.97 Å². The Labute approximate surface area is 204 Å². The first-order valence-electron chi connectivity index (χ1n) is 11.2. The van der Waals surface area contributed by atoms with Crippen LogP contribution in [0.1, 0.15) is 18.1 Å². The van der Waals surface area contributed by atoms with Crippen LogP contribution in [-0.2, 0) is 0 Å². The van der Waals surface area contributed by atoms with Crippen LogP contribution in [0.2, 0.25) is 0 Å². The summed E-state index contributed by atoms with van der Waals surface area (Å²) in [5.74, 6) is 1.47. The highest BCUT2D eigenvalue weighted by atomic mass is 16.6. The van der Waals surface area contributed by atoms with E-state index < -0.39 is 6.09 Å². The van der Waals surface area contributed by atoms with Crippen LogP contribution in [0.25, 0.3) is 0 Å². The first-order valence-corrected chi connectivity index (χ1v) is 11.2. The molecule has 178 valence electrons. The number of nitrogens with one attached hydrogen (secondary N) is 1. The van der Waals surface area contributed by atoms with Crippen molar-refractivity contribution in [3.8, 4) is 11.5 Å². The second-order valence-electron chi connectivity index (χ2n) is 7.81. The van der Waals surface area contributed by atoms with Crippen molar-refractivity contribution < 1.29 is 14.3 Å². The highest BCUT2D eigenvalue weighted by Crippen LogP contribution is 2.34. The van der Waals surface area contributed by atoms with Gasteiger partial charge in [-0.15, -0.1) is 0 Å². The maximum absolute atomic E-state index is 13.6. The minimum Gasteiger partial charge on any atom is -0.490 e. The van der Waals surface area contributed by atoms with Gasteiger partial charge < -0.3 is 20.5 Å². The van der Waals surface area contributed by atoms with Gasteiger partial charge in [0.25, 0.3) is 0 Å². The highest BCUT2D eigenvalue weighted by Gasteiger charge is 2.26. The van der Waals surface area contributed by atoms with Crippen LogP contribution in [0.15, 0.2) is 79.0 Å². The number of nitrogen functional groups attached to an aromatic ring is 1. The van der Waals surface area contributed by atoms with E-state index in [0.29, 0.717) is 41.2 Å². The standard InChI is InChI=1S/C27H27N5O3/c1-4-34-22-13-5-6-14-23(22)35-27(33)32(25-18(2)9-7-10-19(25)3)24-15-16-29-26(31-24)30-21-12-8-11-20(28)17-21/h5-17H,4,28H2,1-3H3,(H,29,30,31). The molecule has 3 N–H and O–H groups in total. The summed E-state index contributed by atoms with van der Waals surface area (Å²) in [6.07, 6.45) is 0.960. The number of carbonyl (C=O) groups excluding carboxylic acids is 1. The van der Waals surface area contributed by atoms with Crippen LogP contribution in [-0.4, -0.2) is 22.7 Å². The molecule has 8 nitrogen and oxygen atoms in total. The second kappa shape index (κ2) is 10.6. The van der Waals surface area contributed by atoms with Crippen LogP contribution in [0, 0.1) is 13.8 Å². The number of nitrogens with two attached hydrogens (primary N) is 1. The molecule has 0 radical (unpaired) electrons. The zero-order valence-electron chi connectivity index (χ0n) is 19.9. The Morgan fingerprint density at radius 2 is 1.69 bits per heavy atom. The number of nitrogens with zero attached hydrogens (tertiary/aromatic N) is 3. The lowest BCUT2D eigenvalue weighted by Crippen LogP contribution is -2.31. The van der Waals surface area contributed by atoms with E-state index in [2.05, 4.69) is 15.3 Å². The van der Waals surface area contributed by atoms with Gasteiger partial charge in [-0.2, -0.15) is 4.98 Å². The molecule has 0 unspecified atom stereocenters. The molecule has 1 amide bonds. The summed E-state index contributed by atoms with van der Waals surface area (Å²) in [6, 6.07) is 21.8. The fourth-order valence-corrected chi connectivity index (χ4v) is 3.69. The maximum atomic E-state index is 13.6. The van der Waals surface area contributed by atoms with Gasteiger partial charge in [-0.25, -0.2) is 14.7 Å². The van der Waals surface area contributed by atoms with E-state index in [0.717, 1.165) is 16.8 Å². The maximum Gasteiger partial charge on any atom is 0.425 e. The molecule has 3 aromatic carbocycles. The zero-order chi connectivity index (χ0) is 24.8. The molecule has 4 aromatic rings. The Morgan fingerprint density at radius 1 is 0.971 bits per heavy atom. The van der Waals surface area contributed by atoms with E-state index in [4.69, 9.17) is 15.2 Å². The summed E-state index contributed by atoms with van der Waals surface area (Å²) in [5.41, 5.74) is 9.69. The van der Waals surface area contributed by atoms with Crippen molar-refractivity contribution in [1.29, 1.82) is 0 Å².